The molecule has 3 aromatic carbocycles. The Balaban J connectivity index is 1.86. The zero-order valence-electron chi connectivity index (χ0n) is 18.3. The van der Waals surface area contributed by atoms with E-state index in [9.17, 15) is 0 Å². The molecule has 0 radical (unpaired) electrons. The average molecular weight is 397 g/mol. The Hall–Kier alpha value is -3.33. The van der Waals surface area contributed by atoms with Crippen molar-refractivity contribution in [2.24, 2.45) is 5.10 Å². The first-order valence-electron chi connectivity index (χ1n) is 10.3. The van der Waals surface area contributed by atoms with Crippen molar-refractivity contribution in [3.63, 3.8) is 0 Å². The van der Waals surface area contributed by atoms with Crippen LogP contribution in [0.25, 0.3) is 22.3 Å². The first kappa shape index (κ1) is 20.0. The van der Waals surface area contributed by atoms with Crippen molar-refractivity contribution in [3.05, 3.63) is 94.8 Å². The van der Waals surface area contributed by atoms with Gasteiger partial charge in [-0.1, -0.05) is 63.2 Å². The van der Waals surface area contributed by atoms with Gasteiger partial charge in [0.25, 0.3) is 0 Å². The van der Waals surface area contributed by atoms with E-state index in [-0.39, 0.29) is 5.41 Å². The molecule has 0 bridgehead atoms. The topological polar surface area (TPSA) is 37.5 Å². The van der Waals surface area contributed by atoms with Crippen molar-refractivity contribution in [1.82, 2.24) is 0 Å². The van der Waals surface area contributed by atoms with Crippen LogP contribution >= 0.6 is 0 Å². The monoisotopic (exact) mass is 396 g/mol. The Morgan fingerprint density at radius 1 is 0.800 bits per heavy atom. The third-order valence-electron chi connectivity index (χ3n) is 5.47. The van der Waals surface area contributed by atoms with E-state index < -0.39 is 0 Å². The van der Waals surface area contributed by atoms with E-state index in [0.717, 1.165) is 33.3 Å². The van der Waals surface area contributed by atoms with E-state index in [1.165, 1.54) is 16.7 Å². The summed E-state index contributed by atoms with van der Waals surface area (Å²) in [5, 5.41) is 6.56. The number of hydrogen-bond acceptors (Lipinski definition) is 3. The summed E-state index contributed by atoms with van der Waals surface area (Å²) in [6.45, 7) is 10.9. The quantitative estimate of drug-likeness (QED) is 0.381. The Morgan fingerprint density at radius 3 is 2.13 bits per heavy atom. The van der Waals surface area contributed by atoms with Gasteiger partial charge < -0.3 is 4.42 Å². The smallest absolute Gasteiger partial charge is 0.137 e. The Bertz CT molecular complexity index is 1240. The minimum absolute atomic E-state index is 0.119. The molecular formula is C27H28N2O. The highest BCUT2D eigenvalue weighted by Crippen LogP contribution is 2.28. The van der Waals surface area contributed by atoms with Crippen molar-refractivity contribution in [3.8, 4) is 11.3 Å². The zero-order chi connectivity index (χ0) is 21.3. The SMILES string of the molecule is Cc1cc2oc(-c3ccc(C(C)(C)C)cc3)c/c(=N/Nc3ccccc3)c2cc1C. The van der Waals surface area contributed by atoms with E-state index in [2.05, 4.69) is 76.4 Å². The van der Waals surface area contributed by atoms with Gasteiger partial charge in [0.05, 0.1) is 11.0 Å². The number of rotatable bonds is 3. The molecule has 0 saturated carbocycles. The molecule has 0 aliphatic carbocycles. The highest BCUT2D eigenvalue weighted by Gasteiger charge is 2.14. The van der Waals surface area contributed by atoms with Gasteiger partial charge in [0.1, 0.15) is 11.3 Å². The molecular weight excluding hydrogens is 368 g/mol. The van der Waals surface area contributed by atoms with Crippen LogP contribution in [0.5, 0.6) is 0 Å². The van der Waals surface area contributed by atoms with Gasteiger partial charge in [0, 0.05) is 17.0 Å². The number of aryl methyl sites for hydroxylation is 2. The number of nitrogens with one attached hydrogen (secondary N) is 1. The van der Waals surface area contributed by atoms with Crippen molar-refractivity contribution in [2.45, 2.75) is 40.0 Å². The molecule has 152 valence electrons. The fraction of sp³-hybridized carbons (Fsp3) is 0.222. The van der Waals surface area contributed by atoms with Crippen LogP contribution in [-0.4, -0.2) is 0 Å². The first-order valence-corrected chi connectivity index (χ1v) is 10.3. The molecule has 3 nitrogen and oxygen atoms in total. The Morgan fingerprint density at radius 2 is 1.47 bits per heavy atom. The summed E-state index contributed by atoms with van der Waals surface area (Å²) in [4.78, 5) is 0. The van der Waals surface area contributed by atoms with Crippen molar-refractivity contribution in [1.29, 1.82) is 0 Å². The highest BCUT2D eigenvalue weighted by molar-refractivity contribution is 5.80. The van der Waals surface area contributed by atoms with Gasteiger partial charge in [-0.15, -0.1) is 0 Å². The maximum Gasteiger partial charge on any atom is 0.137 e. The molecule has 0 aliphatic rings. The minimum Gasteiger partial charge on any atom is -0.456 e. The maximum atomic E-state index is 6.31. The van der Waals surface area contributed by atoms with Crippen LogP contribution < -0.4 is 10.8 Å². The van der Waals surface area contributed by atoms with Gasteiger partial charge in [-0.2, -0.15) is 5.10 Å². The second kappa shape index (κ2) is 7.83. The third-order valence-corrected chi connectivity index (χ3v) is 5.47. The van der Waals surface area contributed by atoms with Crippen LogP contribution in [0.1, 0.15) is 37.5 Å². The lowest BCUT2D eigenvalue weighted by molar-refractivity contribution is 0.589. The number of para-hydroxylation sites is 1. The molecule has 0 aliphatic heterocycles. The number of anilines is 1. The summed E-state index contributed by atoms with van der Waals surface area (Å²) >= 11 is 0. The molecule has 1 N–H and O–H groups in total. The number of nitrogens with zero attached hydrogens (tertiary/aromatic N) is 1. The fourth-order valence-electron chi connectivity index (χ4n) is 3.43. The Labute approximate surface area is 178 Å². The van der Waals surface area contributed by atoms with Crippen molar-refractivity contribution >= 4 is 16.7 Å². The van der Waals surface area contributed by atoms with Crippen LogP contribution in [-0.2, 0) is 5.41 Å². The molecule has 30 heavy (non-hydrogen) atoms. The summed E-state index contributed by atoms with van der Waals surface area (Å²) in [5.41, 5.74) is 9.85. The lowest BCUT2D eigenvalue weighted by Gasteiger charge is -2.19. The molecule has 0 unspecified atom stereocenters. The summed E-state index contributed by atoms with van der Waals surface area (Å²) in [7, 11) is 0. The molecule has 0 spiro atoms. The molecule has 4 rings (SSSR count). The lowest BCUT2D eigenvalue weighted by Crippen LogP contribution is -2.10. The van der Waals surface area contributed by atoms with Gasteiger partial charge in [-0.3, -0.25) is 5.43 Å². The van der Waals surface area contributed by atoms with E-state index in [1.54, 1.807) is 0 Å². The van der Waals surface area contributed by atoms with Crippen LogP contribution in [0.3, 0.4) is 0 Å². The molecule has 0 amide bonds. The van der Waals surface area contributed by atoms with Crippen LogP contribution in [0, 0.1) is 13.8 Å². The lowest BCUT2D eigenvalue weighted by atomic mass is 9.86. The van der Waals surface area contributed by atoms with Crippen molar-refractivity contribution in [2.75, 3.05) is 5.43 Å². The fourth-order valence-corrected chi connectivity index (χ4v) is 3.43. The summed E-state index contributed by atoms with van der Waals surface area (Å²) in [6.07, 6.45) is 0. The second-order valence-corrected chi connectivity index (χ2v) is 8.85. The molecule has 1 aromatic heterocycles. The number of hydrogen-bond donors (Lipinski definition) is 1. The molecule has 0 fully saturated rings. The Kier molecular flexibility index (Phi) is 5.21. The molecule has 0 saturated heterocycles. The highest BCUT2D eigenvalue weighted by atomic mass is 16.3. The van der Waals surface area contributed by atoms with Crippen molar-refractivity contribution < 1.29 is 4.42 Å². The second-order valence-electron chi connectivity index (χ2n) is 8.85. The van der Waals surface area contributed by atoms with Crippen LogP contribution in [0.2, 0.25) is 0 Å². The molecule has 3 heteroatoms. The van der Waals surface area contributed by atoms with E-state index in [0.29, 0.717) is 0 Å². The predicted octanol–water partition coefficient (Wildman–Crippen LogP) is 6.94. The first-order chi connectivity index (χ1) is 14.3. The summed E-state index contributed by atoms with van der Waals surface area (Å²) < 4.78 is 6.31. The molecule has 0 atom stereocenters. The van der Waals surface area contributed by atoms with E-state index >= 15 is 0 Å². The third kappa shape index (κ3) is 4.16. The van der Waals surface area contributed by atoms with Crippen LogP contribution in [0.4, 0.5) is 5.69 Å². The molecule has 1 heterocycles. The minimum atomic E-state index is 0.119. The van der Waals surface area contributed by atoms with Gasteiger partial charge in [0.2, 0.25) is 0 Å². The predicted molar refractivity (Wildman–Crippen MR) is 125 cm³/mol. The summed E-state index contributed by atoms with van der Waals surface area (Å²) in [6, 6.07) is 24.8. The maximum absolute atomic E-state index is 6.31. The average Bonchev–Trinajstić information content (AvgIpc) is 2.73. The van der Waals surface area contributed by atoms with E-state index in [4.69, 9.17) is 9.52 Å². The summed E-state index contributed by atoms with van der Waals surface area (Å²) in [5.74, 6) is 0.805. The standard InChI is InChI=1S/C27H28N2O/c1-18-15-23-24(29-28-22-9-7-6-8-10-22)17-25(30-26(23)16-19(18)2)20-11-13-21(14-12-20)27(3,4)5/h6-17,28H,1-5H3/b29-24-. The zero-order valence-corrected chi connectivity index (χ0v) is 18.3. The largest absolute Gasteiger partial charge is 0.456 e. The number of fused-ring (bicyclic) bond motifs is 1. The van der Waals surface area contributed by atoms with Gasteiger partial charge >= 0.3 is 0 Å². The van der Waals surface area contributed by atoms with E-state index in [1.807, 2.05) is 36.4 Å². The van der Waals surface area contributed by atoms with Crippen LogP contribution in [0.15, 0.2) is 82.3 Å². The number of benzene rings is 3. The molecule has 4 aromatic rings. The van der Waals surface area contributed by atoms with Gasteiger partial charge in [-0.25, -0.2) is 0 Å². The van der Waals surface area contributed by atoms with Gasteiger partial charge in [0.15, 0.2) is 0 Å². The van der Waals surface area contributed by atoms with Gasteiger partial charge in [-0.05, 0) is 60.2 Å². The normalized spacial score (nSPS) is 12.4.